The average Bonchev–Trinajstić information content (AvgIpc) is 3.01. The topological polar surface area (TPSA) is 63.7 Å². The van der Waals surface area contributed by atoms with Gasteiger partial charge >= 0.3 is 0 Å². The zero-order valence-electron chi connectivity index (χ0n) is 13.5. The largest absolute Gasteiger partial charge is 0.493 e. The predicted octanol–water partition coefficient (Wildman–Crippen LogP) is 4.18. The highest BCUT2D eigenvalue weighted by Gasteiger charge is 2.11. The van der Waals surface area contributed by atoms with E-state index >= 15 is 0 Å². The molecule has 0 amide bonds. The van der Waals surface area contributed by atoms with Crippen LogP contribution in [-0.2, 0) is 7.05 Å². The van der Waals surface area contributed by atoms with E-state index in [9.17, 15) is 0 Å². The third kappa shape index (κ3) is 4.32. The number of halogens is 1. The molecule has 0 bridgehead atoms. The molecule has 3 rings (SSSR count). The summed E-state index contributed by atoms with van der Waals surface area (Å²) in [5.74, 6) is 2.29. The standard InChI is InChI=1S/C18H15ClN4OS/c1-23-17(14-4-6-15(19)7-5-14)21-22-18(23)25-11-10-24-16-8-2-13(12-20)3-9-16/h2-9H,10-11H2,1H3. The van der Waals surface area contributed by atoms with E-state index in [-0.39, 0.29) is 0 Å². The molecule has 0 spiro atoms. The molecule has 7 heteroatoms. The second-order valence-corrected chi connectivity index (χ2v) is 6.70. The number of nitriles is 1. The molecule has 0 N–H and O–H groups in total. The molecule has 126 valence electrons. The summed E-state index contributed by atoms with van der Waals surface area (Å²) in [5.41, 5.74) is 1.59. The van der Waals surface area contributed by atoms with Gasteiger partial charge in [0.2, 0.25) is 0 Å². The van der Waals surface area contributed by atoms with E-state index in [1.165, 1.54) is 0 Å². The highest BCUT2D eigenvalue weighted by molar-refractivity contribution is 7.99. The van der Waals surface area contributed by atoms with E-state index < -0.39 is 0 Å². The lowest BCUT2D eigenvalue weighted by molar-refractivity contribution is 0.344. The molecule has 0 radical (unpaired) electrons. The number of aromatic nitrogens is 3. The molecule has 0 atom stereocenters. The number of hydrogen-bond acceptors (Lipinski definition) is 5. The number of thioether (sulfide) groups is 1. The van der Waals surface area contributed by atoms with Gasteiger partial charge in [-0.1, -0.05) is 23.4 Å². The van der Waals surface area contributed by atoms with Crippen molar-refractivity contribution >= 4 is 23.4 Å². The van der Waals surface area contributed by atoms with Crippen molar-refractivity contribution in [2.75, 3.05) is 12.4 Å². The van der Waals surface area contributed by atoms with Crippen LogP contribution in [0.25, 0.3) is 11.4 Å². The molecule has 5 nitrogen and oxygen atoms in total. The summed E-state index contributed by atoms with van der Waals surface area (Å²) in [7, 11) is 1.94. The third-order valence-electron chi connectivity index (χ3n) is 3.50. The lowest BCUT2D eigenvalue weighted by Crippen LogP contribution is -2.02. The molecule has 0 saturated carbocycles. The summed E-state index contributed by atoms with van der Waals surface area (Å²) in [6.45, 7) is 0.541. The van der Waals surface area contributed by atoms with Crippen molar-refractivity contribution in [1.82, 2.24) is 14.8 Å². The minimum absolute atomic E-state index is 0.541. The predicted molar refractivity (Wildman–Crippen MR) is 98.8 cm³/mol. The van der Waals surface area contributed by atoms with Crippen molar-refractivity contribution in [2.24, 2.45) is 7.05 Å². The molecule has 0 aliphatic carbocycles. The van der Waals surface area contributed by atoms with E-state index in [4.69, 9.17) is 21.6 Å². The minimum atomic E-state index is 0.541. The summed E-state index contributed by atoms with van der Waals surface area (Å²) < 4.78 is 7.62. The highest BCUT2D eigenvalue weighted by Crippen LogP contribution is 2.24. The van der Waals surface area contributed by atoms with Crippen LogP contribution in [0.5, 0.6) is 5.75 Å². The Kier molecular flexibility index (Phi) is 5.59. The van der Waals surface area contributed by atoms with Gasteiger partial charge in [-0.15, -0.1) is 10.2 Å². The van der Waals surface area contributed by atoms with Gasteiger partial charge in [0.25, 0.3) is 0 Å². The molecule has 1 aromatic heterocycles. The van der Waals surface area contributed by atoms with E-state index in [1.807, 2.05) is 35.9 Å². The molecule has 2 aromatic carbocycles. The van der Waals surface area contributed by atoms with Crippen molar-refractivity contribution < 1.29 is 4.74 Å². The maximum atomic E-state index is 8.78. The lowest BCUT2D eigenvalue weighted by atomic mass is 10.2. The minimum Gasteiger partial charge on any atom is -0.493 e. The number of benzene rings is 2. The first-order valence-electron chi connectivity index (χ1n) is 7.58. The van der Waals surface area contributed by atoms with Gasteiger partial charge < -0.3 is 9.30 Å². The van der Waals surface area contributed by atoms with Gasteiger partial charge in [-0.3, -0.25) is 0 Å². The normalized spacial score (nSPS) is 10.4. The van der Waals surface area contributed by atoms with Crippen LogP contribution in [0.4, 0.5) is 0 Å². The van der Waals surface area contributed by atoms with E-state index in [2.05, 4.69) is 16.3 Å². The van der Waals surface area contributed by atoms with Gasteiger partial charge in [-0.2, -0.15) is 5.26 Å². The molecule has 1 heterocycles. The maximum absolute atomic E-state index is 8.78. The first-order chi connectivity index (χ1) is 12.2. The summed E-state index contributed by atoms with van der Waals surface area (Å²) in [6.07, 6.45) is 0. The Morgan fingerprint density at radius 3 is 2.52 bits per heavy atom. The second-order valence-electron chi connectivity index (χ2n) is 5.21. The third-order valence-corrected chi connectivity index (χ3v) is 4.74. The van der Waals surface area contributed by atoms with Gasteiger partial charge in [-0.25, -0.2) is 0 Å². The Morgan fingerprint density at radius 2 is 1.84 bits per heavy atom. The van der Waals surface area contributed by atoms with E-state index in [1.54, 1.807) is 36.0 Å². The molecule has 0 aliphatic rings. The van der Waals surface area contributed by atoms with Crippen molar-refractivity contribution in [3.05, 3.63) is 59.1 Å². The fourth-order valence-corrected chi connectivity index (χ4v) is 3.06. The molecule has 0 saturated heterocycles. The monoisotopic (exact) mass is 370 g/mol. The average molecular weight is 371 g/mol. The van der Waals surface area contributed by atoms with E-state index in [0.29, 0.717) is 17.2 Å². The summed E-state index contributed by atoms with van der Waals surface area (Å²) in [4.78, 5) is 0. The van der Waals surface area contributed by atoms with Gasteiger partial charge in [-0.05, 0) is 48.5 Å². The number of rotatable bonds is 6. The lowest BCUT2D eigenvalue weighted by Gasteiger charge is -2.06. The van der Waals surface area contributed by atoms with Crippen molar-refractivity contribution in [3.63, 3.8) is 0 Å². The van der Waals surface area contributed by atoms with Crippen molar-refractivity contribution in [3.8, 4) is 23.2 Å². The Hall–Kier alpha value is -2.49. The zero-order chi connectivity index (χ0) is 17.6. The zero-order valence-corrected chi connectivity index (χ0v) is 15.1. The first kappa shape index (κ1) is 17.3. The number of hydrogen-bond donors (Lipinski definition) is 0. The van der Waals surface area contributed by atoms with Crippen LogP contribution >= 0.6 is 23.4 Å². The Labute approximate surface area is 155 Å². The van der Waals surface area contributed by atoms with Gasteiger partial charge in [0.05, 0.1) is 18.2 Å². The van der Waals surface area contributed by atoms with Gasteiger partial charge in [0.1, 0.15) is 5.75 Å². The molecule has 3 aromatic rings. The quantitative estimate of drug-likeness (QED) is 0.481. The van der Waals surface area contributed by atoms with Crippen LogP contribution in [0.3, 0.4) is 0 Å². The van der Waals surface area contributed by atoms with E-state index in [0.717, 1.165) is 28.0 Å². The molecule has 0 aliphatic heterocycles. The summed E-state index contributed by atoms with van der Waals surface area (Å²) >= 11 is 7.50. The van der Waals surface area contributed by atoms with Crippen LogP contribution in [0.15, 0.2) is 53.7 Å². The molecule has 25 heavy (non-hydrogen) atoms. The van der Waals surface area contributed by atoms with Crippen LogP contribution in [0, 0.1) is 11.3 Å². The first-order valence-corrected chi connectivity index (χ1v) is 8.95. The fourth-order valence-electron chi connectivity index (χ4n) is 2.21. The Balaban J connectivity index is 1.55. The van der Waals surface area contributed by atoms with Crippen molar-refractivity contribution in [1.29, 1.82) is 5.26 Å². The highest BCUT2D eigenvalue weighted by atomic mass is 35.5. The molecule has 0 fully saturated rings. The van der Waals surface area contributed by atoms with Crippen LogP contribution in [0.1, 0.15) is 5.56 Å². The fraction of sp³-hybridized carbons (Fsp3) is 0.167. The van der Waals surface area contributed by atoms with Crippen LogP contribution in [0.2, 0.25) is 5.02 Å². The van der Waals surface area contributed by atoms with Crippen LogP contribution < -0.4 is 4.74 Å². The molecule has 0 unspecified atom stereocenters. The number of ether oxygens (including phenoxy) is 1. The second kappa shape index (κ2) is 8.06. The maximum Gasteiger partial charge on any atom is 0.191 e. The van der Waals surface area contributed by atoms with Gasteiger partial charge in [0, 0.05) is 23.4 Å². The van der Waals surface area contributed by atoms with Crippen molar-refractivity contribution in [2.45, 2.75) is 5.16 Å². The Bertz CT molecular complexity index is 885. The summed E-state index contributed by atoms with van der Waals surface area (Å²) in [5, 5.41) is 18.8. The van der Waals surface area contributed by atoms with Gasteiger partial charge in [0.15, 0.2) is 11.0 Å². The number of nitrogens with zero attached hydrogens (tertiary/aromatic N) is 4. The molecular weight excluding hydrogens is 356 g/mol. The smallest absolute Gasteiger partial charge is 0.191 e. The Morgan fingerprint density at radius 1 is 1.12 bits per heavy atom. The SMILES string of the molecule is Cn1c(SCCOc2ccc(C#N)cc2)nnc1-c1ccc(Cl)cc1. The molecular formula is C18H15ClN4OS. The van der Waals surface area contributed by atoms with Crippen LogP contribution in [-0.4, -0.2) is 27.1 Å². The summed E-state index contributed by atoms with van der Waals surface area (Å²) in [6, 6.07) is 16.7.